The highest BCUT2D eigenvalue weighted by Gasteiger charge is 2.39. The molecule has 0 heterocycles. The Morgan fingerprint density at radius 1 is 1.05 bits per heavy atom. The van der Waals surface area contributed by atoms with E-state index in [2.05, 4.69) is 52.4 Å². The maximum Gasteiger partial charge on any atom is 0.192 e. The maximum absolute atomic E-state index is 12.3. The second kappa shape index (κ2) is 6.59. The second-order valence-electron chi connectivity index (χ2n) is 8.45. The van der Waals surface area contributed by atoms with Crippen LogP contribution in [0.2, 0.25) is 18.1 Å². The van der Waals surface area contributed by atoms with Gasteiger partial charge >= 0.3 is 0 Å². The predicted molar refractivity (Wildman–Crippen MR) is 92.9 cm³/mol. The van der Waals surface area contributed by atoms with Crippen LogP contribution in [0.1, 0.15) is 61.8 Å². The van der Waals surface area contributed by atoms with Crippen molar-refractivity contribution in [2.45, 2.75) is 90.2 Å². The van der Waals surface area contributed by atoms with Crippen molar-refractivity contribution in [3.8, 4) is 0 Å². The number of hydrogen-bond acceptors (Lipinski definition) is 2. The van der Waals surface area contributed by atoms with Gasteiger partial charge < -0.3 is 4.43 Å². The predicted octanol–water partition coefficient (Wildman–Crippen LogP) is 4.23. The molecule has 0 unspecified atom stereocenters. The summed E-state index contributed by atoms with van der Waals surface area (Å²) in [5.74, 6) is 0. The summed E-state index contributed by atoms with van der Waals surface area (Å²) in [4.78, 5) is 0. The van der Waals surface area contributed by atoms with E-state index in [1.165, 1.54) is 0 Å². The van der Waals surface area contributed by atoms with Crippen molar-refractivity contribution in [3.63, 3.8) is 0 Å². The van der Waals surface area contributed by atoms with Crippen LogP contribution in [-0.4, -0.2) is 29.4 Å². The molecule has 0 saturated heterocycles. The molecule has 0 aliphatic heterocycles. The van der Waals surface area contributed by atoms with Crippen LogP contribution in [0.15, 0.2) is 0 Å². The first-order chi connectivity index (χ1) is 8.65. The van der Waals surface area contributed by atoms with E-state index in [0.717, 1.165) is 6.42 Å². The molecule has 0 aromatic heterocycles. The first-order valence-corrected chi connectivity index (χ1v) is 11.5. The monoisotopic (exact) mass is 321 g/mol. The fourth-order valence-corrected chi connectivity index (χ4v) is 3.21. The zero-order chi connectivity index (χ0) is 16.4. The standard InChI is InChI=1S/C15H35NO2SSi/c1-11-15(8,16-19(17)13(2,3)4)12-18-20(9,10)14(5,6)7/h16H,11-12H2,1-10H3/t15-,19+/m0/s1. The molecule has 0 saturated carbocycles. The SMILES string of the molecule is CC[C@@](C)(CO[Si](C)(C)C(C)(C)C)N[S@](=O)C(C)(C)C. The summed E-state index contributed by atoms with van der Waals surface area (Å²) in [6.07, 6.45) is 0.892. The minimum absolute atomic E-state index is 0.199. The molecular weight excluding hydrogens is 286 g/mol. The van der Waals surface area contributed by atoms with Crippen LogP contribution >= 0.6 is 0 Å². The Morgan fingerprint density at radius 3 is 1.80 bits per heavy atom. The fraction of sp³-hybridized carbons (Fsp3) is 1.00. The van der Waals surface area contributed by atoms with E-state index in [1.807, 2.05) is 20.8 Å². The zero-order valence-corrected chi connectivity index (χ0v) is 17.0. The third-order valence-electron chi connectivity index (χ3n) is 4.23. The van der Waals surface area contributed by atoms with E-state index < -0.39 is 19.3 Å². The lowest BCUT2D eigenvalue weighted by Crippen LogP contribution is -2.53. The summed E-state index contributed by atoms with van der Waals surface area (Å²) in [6, 6.07) is 0. The third-order valence-corrected chi connectivity index (χ3v) is 10.5. The van der Waals surface area contributed by atoms with Crippen LogP contribution < -0.4 is 4.72 Å². The van der Waals surface area contributed by atoms with Gasteiger partial charge in [-0.15, -0.1) is 0 Å². The number of hydrogen-bond donors (Lipinski definition) is 1. The van der Waals surface area contributed by atoms with Crippen LogP contribution in [0.25, 0.3) is 0 Å². The minimum atomic E-state index is -1.77. The van der Waals surface area contributed by atoms with Gasteiger partial charge in [0, 0.05) is 5.54 Å². The van der Waals surface area contributed by atoms with E-state index >= 15 is 0 Å². The van der Waals surface area contributed by atoms with Crippen molar-refractivity contribution in [2.24, 2.45) is 0 Å². The summed E-state index contributed by atoms with van der Waals surface area (Å²) < 4.78 is 21.6. The van der Waals surface area contributed by atoms with Gasteiger partial charge in [-0.05, 0) is 52.2 Å². The van der Waals surface area contributed by atoms with Crippen LogP contribution in [0.5, 0.6) is 0 Å². The molecule has 5 heteroatoms. The Morgan fingerprint density at radius 2 is 1.50 bits per heavy atom. The largest absolute Gasteiger partial charge is 0.415 e. The topological polar surface area (TPSA) is 38.3 Å². The molecule has 0 aromatic rings. The molecule has 0 aromatic carbocycles. The quantitative estimate of drug-likeness (QED) is 0.744. The lowest BCUT2D eigenvalue weighted by molar-refractivity contribution is 0.195. The summed E-state index contributed by atoms with van der Waals surface area (Å²) in [6.45, 7) is 22.0. The van der Waals surface area contributed by atoms with Crippen molar-refractivity contribution < 1.29 is 8.63 Å². The van der Waals surface area contributed by atoms with Gasteiger partial charge in [0.25, 0.3) is 0 Å². The molecule has 0 fully saturated rings. The van der Waals surface area contributed by atoms with Crippen molar-refractivity contribution in [2.75, 3.05) is 6.61 Å². The Bertz CT molecular complexity index is 345. The summed E-state index contributed by atoms with van der Waals surface area (Å²) in [5.41, 5.74) is -0.242. The average molecular weight is 322 g/mol. The lowest BCUT2D eigenvalue weighted by atomic mass is 10.0. The van der Waals surface area contributed by atoms with E-state index in [0.29, 0.717) is 6.61 Å². The van der Waals surface area contributed by atoms with Gasteiger partial charge in [0.15, 0.2) is 8.32 Å². The normalized spacial score (nSPS) is 18.7. The van der Waals surface area contributed by atoms with E-state index in [1.54, 1.807) is 0 Å². The highest BCUT2D eigenvalue weighted by Crippen LogP contribution is 2.37. The van der Waals surface area contributed by atoms with E-state index in [9.17, 15) is 4.21 Å². The van der Waals surface area contributed by atoms with Gasteiger partial charge in [-0.25, -0.2) is 8.93 Å². The first kappa shape index (κ1) is 20.3. The molecule has 3 nitrogen and oxygen atoms in total. The van der Waals surface area contributed by atoms with Crippen LogP contribution in [0, 0.1) is 0 Å². The van der Waals surface area contributed by atoms with E-state index in [4.69, 9.17) is 4.43 Å². The zero-order valence-electron chi connectivity index (χ0n) is 15.1. The van der Waals surface area contributed by atoms with Crippen LogP contribution in [-0.2, 0) is 15.4 Å². The Kier molecular flexibility index (Phi) is 6.68. The van der Waals surface area contributed by atoms with Gasteiger partial charge in [-0.1, -0.05) is 27.7 Å². The summed E-state index contributed by atoms with van der Waals surface area (Å²) >= 11 is 0. The lowest BCUT2D eigenvalue weighted by Gasteiger charge is -2.40. The molecule has 2 atom stereocenters. The van der Waals surface area contributed by atoms with Gasteiger partial charge in [0.2, 0.25) is 0 Å². The molecule has 20 heavy (non-hydrogen) atoms. The molecule has 0 amide bonds. The Labute approximate surface area is 130 Å². The maximum atomic E-state index is 12.3. The Hall–Kier alpha value is 0.287. The van der Waals surface area contributed by atoms with Crippen LogP contribution in [0.3, 0.4) is 0 Å². The molecule has 0 bridgehead atoms. The number of rotatable bonds is 6. The van der Waals surface area contributed by atoms with Crippen LogP contribution in [0.4, 0.5) is 0 Å². The number of nitrogens with one attached hydrogen (secondary N) is 1. The second-order valence-corrected chi connectivity index (χ2v) is 15.2. The molecule has 0 radical (unpaired) electrons. The molecule has 1 N–H and O–H groups in total. The van der Waals surface area contributed by atoms with Crippen molar-refractivity contribution in [1.82, 2.24) is 4.72 Å². The van der Waals surface area contributed by atoms with Crippen molar-refractivity contribution in [1.29, 1.82) is 0 Å². The summed E-state index contributed by atoms with van der Waals surface area (Å²) in [7, 11) is -2.84. The third kappa shape index (κ3) is 5.96. The molecule has 122 valence electrons. The molecular formula is C15H35NO2SSi. The van der Waals surface area contributed by atoms with Gasteiger partial charge in [0.1, 0.15) is 0 Å². The van der Waals surface area contributed by atoms with Gasteiger partial charge in [0.05, 0.1) is 22.3 Å². The smallest absolute Gasteiger partial charge is 0.192 e. The highest BCUT2D eigenvalue weighted by atomic mass is 32.2. The molecule has 0 rings (SSSR count). The van der Waals surface area contributed by atoms with Crippen molar-refractivity contribution >= 4 is 19.3 Å². The highest BCUT2D eigenvalue weighted by molar-refractivity contribution is 7.84. The van der Waals surface area contributed by atoms with Gasteiger partial charge in [-0.3, -0.25) is 0 Å². The molecule has 0 aliphatic carbocycles. The Balaban J connectivity index is 4.82. The van der Waals surface area contributed by atoms with E-state index in [-0.39, 0.29) is 15.3 Å². The first-order valence-electron chi connectivity index (χ1n) is 7.48. The fourth-order valence-electron chi connectivity index (χ4n) is 1.14. The minimum Gasteiger partial charge on any atom is -0.415 e. The van der Waals surface area contributed by atoms with Gasteiger partial charge in [-0.2, -0.15) is 0 Å². The summed E-state index contributed by atoms with van der Waals surface area (Å²) in [5, 5.41) is 0.199. The van der Waals surface area contributed by atoms with Crippen molar-refractivity contribution in [3.05, 3.63) is 0 Å². The average Bonchev–Trinajstić information content (AvgIpc) is 2.23. The molecule has 0 spiro atoms. The molecule has 0 aliphatic rings.